The zero-order valence-electron chi connectivity index (χ0n) is 9.85. The lowest BCUT2D eigenvalue weighted by Crippen LogP contribution is -2.21. The van der Waals surface area contributed by atoms with Gasteiger partial charge in [-0.15, -0.1) is 0 Å². The molecular formula is C14H7ClO5. The van der Waals surface area contributed by atoms with Crippen LogP contribution in [0.1, 0.15) is 31.8 Å². The first-order chi connectivity index (χ1) is 9.43. The Hall–Kier alpha value is -2.53. The molecule has 3 N–H and O–H groups in total. The molecule has 3 rings (SSSR count). The second kappa shape index (κ2) is 3.98. The molecule has 2 aromatic carbocycles. The monoisotopic (exact) mass is 290 g/mol. The van der Waals surface area contributed by atoms with Gasteiger partial charge in [0.15, 0.2) is 5.78 Å². The van der Waals surface area contributed by atoms with Crippen molar-refractivity contribution in [2.75, 3.05) is 0 Å². The predicted octanol–water partition coefficient (Wildman–Crippen LogP) is 2.23. The van der Waals surface area contributed by atoms with Crippen LogP contribution in [0.4, 0.5) is 0 Å². The van der Waals surface area contributed by atoms with Crippen LogP contribution in [-0.4, -0.2) is 26.9 Å². The molecule has 1 aliphatic carbocycles. The predicted molar refractivity (Wildman–Crippen MR) is 69.8 cm³/mol. The zero-order chi connectivity index (χ0) is 14.6. The van der Waals surface area contributed by atoms with Gasteiger partial charge in [0.2, 0.25) is 5.78 Å². The summed E-state index contributed by atoms with van der Waals surface area (Å²) in [5.41, 5.74) is -1.09. The van der Waals surface area contributed by atoms with Gasteiger partial charge in [0.25, 0.3) is 0 Å². The molecular weight excluding hydrogens is 284 g/mol. The first kappa shape index (κ1) is 12.5. The standard InChI is InChI=1S/C14H7ClO5/c15-5-1-2-6(16)10-9(5)13(19)11-7(17)3-4-8(18)12(11)14(10)20/h1-4,16-18H. The van der Waals surface area contributed by atoms with Crippen molar-refractivity contribution in [3.63, 3.8) is 0 Å². The highest BCUT2D eigenvalue weighted by Crippen LogP contribution is 2.42. The fourth-order valence-corrected chi connectivity index (χ4v) is 2.55. The molecule has 0 heterocycles. The molecule has 0 radical (unpaired) electrons. The highest BCUT2D eigenvalue weighted by molar-refractivity contribution is 6.40. The Morgan fingerprint density at radius 2 is 1.00 bits per heavy atom. The van der Waals surface area contributed by atoms with Crippen molar-refractivity contribution in [3.05, 3.63) is 51.5 Å². The maximum absolute atomic E-state index is 12.4. The molecule has 0 aliphatic heterocycles. The molecule has 5 nitrogen and oxygen atoms in total. The molecule has 0 atom stereocenters. The number of hydrogen-bond acceptors (Lipinski definition) is 5. The number of benzene rings is 2. The fraction of sp³-hybridized carbons (Fsp3) is 0. The van der Waals surface area contributed by atoms with Gasteiger partial charge >= 0.3 is 0 Å². The van der Waals surface area contributed by atoms with Gasteiger partial charge in [-0.25, -0.2) is 0 Å². The van der Waals surface area contributed by atoms with E-state index >= 15 is 0 Å². The van der Waals surface area contributed by atoms with Crippen molar-refractivity contribution in [3.8, 4) is 17.2 Å². The first-order valence-electron chi connectivity index (χ1n) is 5.59. The van der Waals surface area contributed by atoms with Crippen LogP contribution in [0.3, 0.4) is 0 Å². The summed E-state index contributed by atoms with van der Waals surface area (Å²) in [6, 6.07) is 4.69. The molecule has 0 amide bonds. The number of rotatable bonds is 0. The summed E-state index contributed by atoms with van der Waals surface area (Å²) in [4.78, 5) is 24.7. The second-order valence-electron chi connectivity index (χ2n) is 4.33. The van der Waals surface area contributed by atoms with Crippen LogP contribution in [0, 0.1) is 0 Å². The average molecular weight is 291 g/mol. The van der Waals surface area contributed by atoms with Gasteiger partial charge in [0.1, 0.15) is 17.2 Å². The Morgan fingerprint density at radius 1 is 0.650 bits per heavy atom. The smallest absolute Gasteiger partial charge is 0.202 e. The van der Waals surface area contributed by atoms with E-state index in [1.807, 2.05) is 0 Å². The Labute approximate surface area is 117 Å². The van der Waals surface area contributed by atoms with Gasteiger partial charge in [0.05, 0.1) is 27.3 Å². The molecule has 0 unspecified atom stereocenters. The molecule has 100 valence electrons. The molecule has 0 saturated heterocycles. The lowest BCUT2D eigenvalue weighted by atomic mass is 9.82. The van der Waals surface area contributed by atoms with E-state index < -0.39 is 28.8 Å². The van der Waals surface area contributed by atoms with Gasteiger partial charge in [-0.2, -0.15) is 0 Å². The van der Waals surface area contributed by atoms with Crippen molar-refractivity contribution >= 4 is 23.2 Å². The number of fused-ring (bicyclic) bond motifs is 2. The van der Waals surface area contributed by atoms with Crippen LogP contribution in [0.5, 0.6) is 17.2 Å². The molecule has 0 saturated carbocycles. The zero-order valence-corrected chi connectivity index (χ0v) is 10.6. The number of halogens is 1. The highest BCUT2D eigenvalue weighted by atomic mass is 35.5. The number of phenols is 3. The van der Waals surface area contributed by atoms with E-state index in [1.165, 1.54) is 12.1 Å². The van der Waals surface area contributed by atoms with Gasteiger partial charge in [-0.1, -0.05) is 11.6 Å². The fourth-order valence-electron chi connectivity index (χ4n) is 2.31. The normalized spacial score (nSPS) is 13.1. The lowest BCUT2D eigenvalue weighted by Gasteiger charge is -2.20. The summed E-state index contributed by atoms with van der Waals surface area (Å²) in [6.45, 7) is 0. The molecule has 1 aliphatic rings. The Balaban J connectivity index is 2.46. The Morgan fingerprint density at radius 3 is 1.50 bits per heavy atom. The SMILES string of the molecule is O=C1c2c(O)ccc(O)c2C(=O)c2c(Cl)ccc(O)c21. The molecule has 0 bridgehead atoms. The number of aromatic hydroxyl groups is 3. The number of carbonyl (C=O) groups excluding carboxylic acids is 2. The summed E-state index contributed by atoms with van der Waals surface area (Å²) in [5.74, 6) is -2.76. The molecule has 0 spiro atoms. The van der Waals surface area contributed by atoms with Gasteiger partial charge in [-0.05, 0) is 24.3 Å². The third kappa shape index (κ3) is 1.44. The van der Waals surface area contributed by atoms with Crippen molar-refractivity contribution in [2.24, 2.45) is 0 Å². The van der Waals surface area contributed by atoms with E-state index in [1.54, 1.807) is 0 Å². The van der Waals surface area contributed by atoms with Crippen LogP contribution in [0.15, 0.2) is 24.3 Å². The quantitative estimate of drug-likeness (QED) is 0.552. The van der Waals surface area contributed by atoms with Crippen LogP contribution in [0.25, 0.3) is 0 Å². The third-order valence-corrected chi connectivity index (χ3v) is 3.52. The Kier molecular flexibility index (Phi) is 2.49. The minimum absolute atomic E-state index is 0.00968. The summed E-state index contributed by atoms with van der Waals surface area (Å²) in [7, 11) is 0. The van der Waals surface area contributed by atoms with Crippen molar-refractivity contribution in [1.82, 2.24) is 0 Å². The largest absolute Gasteiger partial charge is 0.507 e. The summed E-state index contributed by atoms with van der Waals surface area (Å²) in [5, 5.41) is 29.3. The second-order valence-corrected chi connectivity index (χ2v) is 4.74. The van der Waals surface area contributed by atoms with Crippen LogP contribution in [0.2, 0.25) is 5.02 Å². The van der Waals surface area contributed by atoms with Crippen molar-refractivity contribution < 1.29 is 24.9 Å². The van der Waals surface area contributed by atoms with E-state index in [-0.39, 0.29) is 27.3 Å². The van der Waals surface area contributed by atoms with Gasteiger partial charge in [0, 0.05) is 0 Å². The third-order valence-electron chi connectivity index (χ3n) is 3.20. The molecule has 0 fully saturated rings. The van der Waals surface area contributed by atoms with Crippen molar-refractivity contribution in [2.45, 2.75) is 0 Å². The number of carbonyl (C=O) groups is 2. The number of phenolic OH excluding ortho intramolecular Hbond substituents is 3. The lowest BCUT2D eigenvalue weighted by molar-refractivity contribution is 0.0972. The van der Waals surface area contributed by atoms with E-state index in [2.05, 4.69) is 0 Å². The number of hydrogen-bond donors (Lipinski definition) is 3. The minimum atomic E-state index is -0.761. The van der Waals surface area contributed by atoms with E-state index in [9.17, 15) is 24.9 Å². The maximum atomic E-state index is 12.4. The molecule has 6 heteroatoms. The summed E-state index contributed by atoms with van der Waals surface area (Å²) in [6.07, 6.45) is 0. The highest BCUT2D eigenvalue weighted by Gasteiger charge is 2.37. The van der Waals surface area contributed by atoms with Crippen LogP contribution in [-0.2, 0) is 0 Å². The molecule has 20 heavy (non-hydrogen) atoms. The maximum Gasteiger partial charge on any atom is 0.202 e. The van der Waals surface area contributed by atoms with Crippen LogP contribution >= 0.6 is 11.6 Å². The van der Waals surface area contributed by atoms with Crippen molar-refractivity contribution in [1.29, 1.82) is 0 Å². The Bertz CT molecular complexity index is 665. The first-order valence-corrected chi connectivity index (χ1v) is 5.97. The average Bonchev–Trinajstić information content (AvgIpc) is 2.41. The van der Waals surface area contributed by atoms with Gasteiger partial charge < -0.3 is 15.3 Å². The summed E-state index contributed by atoms with van der Waals surface area (Å²) >= 11 is 5.90. The topological polar surface area (TPSA) is 94.8 Å². The number of ketones is 2. The van der Waals surface area contributed by atoms with E-state index in [0.717, 1.165) is 12.1 Å². The van der Waals surface area contributed by atoms with Crippen LogP contribution < -0.4 is 0 Å². The van der Waals surface area contributed by atoms with E-state index in [0.29, 0.717) is 0 Å². The minimum Gasteiger partial charge on any atom is -0.507 e. The molecule has 0 aromatic heterocycles. The van der Waals surface area contributed by atoms with E-state index in [4.69, 9.17) is 11.6 Å². The summed E-state index contributed by atoms with van der Waals surface area (Å²) < 4.78 is 0. The molecule has 2 aromatic rings. The van der Waals surface area contributed by atoms with Gasteiger partial charge in [-0.3, -0.25) is 9.59 Å².